The molecule has 3 rings (SSSR count). The molecule has 0 aromatic heterocycles. The predicted octanol–water partition coefficient (Wildman–Crippen LogP) is 1.69. The van der Waals surface area contributed by atoms with Crippen LogP contribution in [0.1, 0.15) is 19.3 Å². The highest BCUT2D eigenvalue weighted by molar-refractivity contribution is 5.92. The van der Waals surface area contributed by atoms with Crippen molar-refractivity contribution in [2.75, 3.05) is 6.54 Å². The third-order valence-electron chi connectivity index (χ3n) is 3.44. The van der Waals surface area contributed by atoms with E-state index in [1.54, 1.807) is 0 Å². The van der Waals surface area contributed by atoms with Crippen LogP contribution in [0.15, 0.2) is 29.3 Å². The Morgan fingerprint density at radius 2 is 2.21 bits per heavy atom. The molecule has 3 aliphatic rings. The molecule has 2 aliphatic heterocycles. The molecule has 74 valence electrons. The van der Waals surface area contributed by atoms with Gasteiger partial charge in [-0.15, -0.1) is 0 Å². The maximum Gasteiger partial charge on any atom is 0.0749 e. The zero-order valence-electron chi connectivity index (χ0n) is 8.32. The summed E-state index contributed by atoms with van der Waals surface area (Å²) in [6, 6.07) is 1.03. The number of rotatable bonds is 1. The summed E-state index contributed by atoms with van der Waals surface area (Å²) in [4.78, 5) is 4.81. The van der Waals surface area contributed by atoms with Gasteiger partial charge in [-0.3, -0.25) is 4.99 Å². The molecule has 0 saturated carbocycles. The van der Waals surface area contributed by atoms with Crippen LogP contribution in [0, 0.1) is 5.92 Å². The van der Waals surface area contributed by atoms with E-state index < -0.39 is 0 Å². The maximum atomic E-state index is 4.81. The minimum absolute atomic E-state index is 0.442. The number of hydrogen-bond donors (Lipinski definition) is 1. The second-order valence-corrected chi connectivity index (χ2v) is 4.40. The second kappa shape index (κ2) is 3.35. The summed E-state index contributed by atoms with van der Waals surface area (Å²) >= 11 is 0. The van der Waals surface area contributed by atoms with Crippen LogP contribution in [0.2, 0.25) is 0 Å². The first-order valence-corrected chi connectivity index (χ1v) is 5.58. The van der Waals surface area contributed by atoms with E-state index in [2.05, 4.69) is 29.6 Å². The first-order valence-electron chi connectivity index (χ1n) is 5.58. The first-order chi connectivity index (χ1) is 6.93. The fraction of sp³-hybridized carbons (Fsp3) is 0.583. The molecule has 3 atom stereocenters. The minimum Gasteiger partial charge on any atom is -0.309 e. The lowest BCUT2D eigenvalue weighted by Gasteiger charge is -2.12. The van der Waals surface area contributed by atoms with Crippen molar-refractivity contribution < 1.29 is 0 Å². The zero-order chi connectivity index (χ0) is 9.38. The van der Waals surface area contributed by atoms with Crippen LogP contribution in [0.5, 0.6) is 0 Å². The molecular weight excluding hydrogens is 172 g/mol. The van der Waals surface area contributed by atoms with Gasteiger partial charge >= 0.3 is 0 Å². The van der Waals surface area contributed by atoms with Gasteiger partial charge in [0, 0.05) is 17.7 Å². The van der Waals surface area contributed by atoms with Gasteiger partial charge in [0.05, 0.1) is 6.04 Å². The summed E-state index contributed by atoms with van der Waals surface area (Å²) in [6.45, 7) is 1.17. The quantitative estimate of drug-likeness (QED) is 0.665. The Balaban J connectivity index is 1.77. The summed E-state index contributed by atoms with van der Waals surface area (Å²) in [5, 5.41) is 3.53. The van der Waals surface area contributed by atoms with Gasteiger partial charge in [-0.1, -0.05) is 24.3 Å². The van der Waals surface area contributed by atoms with Crippen molar-refractivity contribution in [2.45, 2.75) is 31.3 Å². The van der Waals surface area contributed by atoms with Crippen LogP contribution in [0.25, 0.3) is 0 Å². The summed E-state index contributed by atoms with van der Waals surface area (Å²) in [5.74, 6) is 0.650. The van der Waals surface area contributed by atoms with E-state index in [0.29, 0.717) is 18.0 Å². The number of allylic oxidation sites excluding steroid dienone is 2. The molecule has 2 heteroatoms. The fourth-order valence-electron chi connectivity index (χ4n) is 2.66. The van der Waals surface area contributed by atoms with Crippen molar-refractivity contribution in [3.63, 3.8) is 0 Å². The monoisotopic (exact) mass is 188 g/mol. The lowest BCUT2D eigenvalue weighted by molar-refractivity contribution is 0.633. The average Bonchev–Trinajstić information content (AvgIpc) is 2.86. The number of hydrogen-bond acceptors (Lipinski definition) is 2. The van der Waals surface area contributed by atoms with Crippen molar-refractivity contribution in [3.05, 3.63) is 24.3 Å². The Hall–Kier alpha value is -0.890. The SMILES string of the molecule is C1=CC2CC([C@@H]3CCCN3)=NC2C=C1. The van der Waals surface area contributed by atoms with Gasteiger partial charge < -0.3 is 5.32 Å². The third kappa shape index (κ3) is 1.34. The van der Waals surface area contributed by atoms with Crippen LogP contribution < -0.4 is 5.32 Å². The Morgan fingerprint density at radius 1 is 1.29 bits per heavy atom. The van der Waals surface area contributed by atoms with E-state index >= 15 is 0 Å². The highest BCUT2D eigenvalue weighted by Gasteiger charge is 2.31. The van der Waals surface area contributed by atoms with Crippen LogP contribution in [0.4, 0.5) is 0 Å². The number of fused-ring (bicyclic) bond motifs is 1. The van der Waals surface area contributed by atoms with E-state index in [1.165, 1.54) is 31.5 Å². The Bertz CT molecular complexity index is 308. The van der Waals surface area contributed by atoms with Crippen molar-refractivity contribution in [3.8, 4) is 0 Å². The van der Waals surface area contributed by atoms with Crippen LogP contribution in [-0.2, 0) is 0 Å². The molecule has 2 unspecified atom stereocenters. The summed E-state index contributed by atoms with van der Waals surface area (Å²) in [5.41, 5.74) is 1.41. The maximum absolute atomic E-state index is 4.81. The summed E-state index contributed by atoms with van der Waals surface area (Å²) < 4.78 is 0. The van der Waals surface area contributed by atoms with Crippen LogP contribution in [-0.4, -0.2) is 24.3 Å². The molecule has 1 aliphatic carbocycles. The molecule has 0 spiro atoms. The molecule has 1 N–H and O–H groups in total. The molecule has 0 bridgehead atoms. The molecule has 1 fully saturated rings. The Labute approximate surface area is 84.8 Å². The molecule has 0 radical (unpaired) electrons. The molecular formula is C12H16N2. The van der Waals surface area contributed by atoms with Crippen LogP contribution >= 0.6 is 0 Å². The number of aliphatic imine (C=N–C) groups is 1. The van der Waals surface area contributed by atoms with Gasteiger partial charge in [0.2, 0.25) is 0 Å². The molecule has 2 heterocycles. The lowest BCUT2D eigenvalue weighted by atomic mass is 9.93. The van der Waals surface area contributed by atoms with Gasteiger partial charge in [-0.05, 0) is 25.8 Å². The van der Waals surface area contributed by atoms with Crippen molar-refractivity contribution in [2.24, 2.45) is 10.9 Å². The van der Waals surface area contributed by atoms with Crippen molar-refractivity contribution in [1.82, 2.24) is 5.32 Å². The standard InChI is InChI=1S/C12H16N2/c1-2-5-10-9(4-1)8-12(14-10)11-6-3-7-13-11/h1-2,4-5,9-11,13H,3,6-8H2/t9?,10?,11-/m0/s1. The summed E-state index contributed by atoms with van der Waals surface area (Å²) in [6.07, 6.45) is 12.6. The normalized spacial score (nSPS) is 40.0. The zero-order valence-corrected chi connectivity index (χ0v) is 8.32. The fourth-order valence-corrected chi connectivity index (χ4v) is 2.66. The van der Waals surface area contributed by atoms with Crippen LogP contribution in [0.3, 0.4) is 0 Å². The number of nitrogens with one attached hydrogen (secondary N) is 1. The highest BCUT2D eigenvalue weighted by atomic mass is 15.0. The van der Waals surface area contributed by atoms with Crippen molar-refractivity contribution >= 4 is 5.71 Å². The highest BCUT2D eigenvalue weighted by Crippen LogP contribution is 2.29. The molecule has 1 saturated heterocycles. The smallest absolute Gasteiger partial charge is 0.0749 e. The van der Waals surface area contributed by atoms with E-state index in [-0.39, 0.29) is 0 Å². The van der Waals surface area contributed by atoms with E-state index in [9.17, 15) is 0 Å². The second-order valence-electron chi connectivity index (χ2n) is 4.40. The van der Waals surface area contributed by atoms with Gasteiger partial charge in [0.25, 0.3) is 0 Å². The van der Waals surface area contributed by atoms with Crippen molar-refractivity contribution in [1.29, 1.82) is 0 Å². The van der Waals surface area contributed by atoms with Gasteiger partial charge in [0.15, 0.2) is 0 Å². The largest absolute Gasteiger partial charge is 0.309 e. The lowest BCUT2D eigenvalue weighted by Crippen LogP contribution is -2.29. The molecule has 0 amide bonds. The summed E-state index contributed by atoms with van der Waals surface area (Å²) in [7, 11) is 0. The topological polar surface area (TPSA) is 24.4 Å². The van der Waals surface area contributed by atoms with E-state index in [0.717, 1.165) is 0 Å². The molecule has 0 aromatic rings. The average molecular weight is 188 g/mol. The number of nitrogens with zero attached hydrogens (tertiary/aromatic N) is 1. The van der Waals surface area contributed by atoms with Gasteiger partial charge in [-0.25, -0.2) is 0 Å². The first kappa shape index (κ1) is 8.42. The van der Waals surface area contributed by atoms with E-state index in [1.807, 2.05) is 0 Å². The van der Waals surface area contributed by atoms with Gasteiger partial charge in [0.1, 0.15) is 0 Å². The molecule has 2 nitrogen and oxygen atoms in total. The molecule has 0 aromatic carbocycles. The van der Waals surface area contributed by atoms with E-state index in [4.69, 9.17) is 4.99 Å². The van der Waals surface area contributed by atoms with Gasteiger partial charge in [-0.2, -0.15) is 0 Å². The predicted molar refractivity (Wildman–Crippen MR) is 58.6 cm³/mol. The Morgan fingerprint density at radius 3 is 3.00 bits per heavy atom. The minimum atomic E-state index is 0.442. The molecule has 14 heavy (non-hydrogen) atoms. The third-order valence-corrected chi connectivity index (χ3v) is 3.44. The Kier molecular flexibility index (Phi) is 2.02.